The quantitative estimate of drug-likeness (QED) is 0.433. The maximum atomic E-state index is 16.7. The van der Waals surface area contributed by atoms with E-state index < -0.39 is 60.6 Å². The zero-order valence-electron chi connectivity index (χ0n) is 18.6. The smallest absolute Gasteiger partial charge is 0.416 e. The van der Waals surface area contributed by atoms with E-state index in [4.69, 9.17) is 21.1 Å². The number of carbonyl (C=O) groups is 1. The lowest BCUT2D eigenvalue weighted by molar-refractivity contribution is -0.282. The Balaban J connectivity index is 1.76. The number of methoxy groups -OCH3 is 1. The maximum absolute atomic E-state index is 16.7. The predicted molar refractivity (Wildman–Crippen MR) is 117 cm³/mol. The molecule has 6 atom stereocenters. The third-order valence-electron chi connectivity index (χ3n) is 6.38. The molecule has 1 fully saturated rings. The number of amides is 1. The Labute approximate surface area is 207 Å². The summed E-state index contributed by atoms with van der Waals surface area (Å²) in [6.45, 7) is -0.459. The highest BCUT2D eigenvalue weighted by atomic mass is 35.5. The number of carbonyl (C=O) groups excluding carboxylic acids is 1. The molecule has 1 amide bonds. The zero-order chi connectivity index (χ0) is 26.6. The Hall–Kier alpha value is -2.48. The van der Waals surface area contributed by atoms with E-state index in [0.717, 1.165) is 17.0 Å². The number of aliphatic hydroxyl groups is 4. The van der Waals surface area contributed by atoms with Gasteiger partial charge in [0, 0.05) is 22.7 Å². The number of fused-ring (bicyclic) bond motifs is 1. The summed E-state index contributed by atoms with van der Waals surface area (Å²) >= 11 is 6.02. The van der Waals surface area contributed by atoms with Crippen LogP contribution in [0.1, 0.15) is 23.1 Å². The maximum Gasteiger partial charge on any atom is 0.416 e. The molecule has 0 saturated carbocycles. The molecule has 2 aromatic carbocycles. The molecule has 6 unspecified atom stereocenters. The van der Waals surface area contributed by atoms with E-state index in [1.165, 1.54) is 19.2 Å². The van der Waals surface area contributed by atoms with Gasteiger partial charge in [0.2, 0.25) is 5.67 Å². The van der Waals surface area contributed by atoms with Crippen molar-refractivity contribution in [2.75, 3.05) is 18.6 Å². The summed E-state index contributed by atoms with van der Waals surface area (Å²) in [5.74, 6) is -1.29. The lowest BCUT2D eigenvalue weighted by Gasteiger charge is -2.38. The van der Waals surface area contributed by atoms with Crippen molar-refractivity contribution in [1.82, 2.24) is 0 Å². The van der Waals surface area contributed by atoms with Crippen LogP contribution in [0, 0.1) is 0 Å². The highest BCUT2D eigenvalue weighted by Gasteiger charge is 2.55. The van der Waals surface area contributed by atoms with Crippen molar-refractivity contribution in [3.63, 3.8) is 0 Å². The molecule has 196 valence electrons. The summed E-state index contributed by atoms with van der Waals surface area (Å²) in [6, 6.07) is 6.02. The van der Waals surface area contributed by atoms with Gasteiger partial charge < -0.3 is 34.8 Å². The minimum Gasteiger partial charge on any atom is -0.496 e. The van der Waals surface area contributed by atoms with Crippen molar-refractivity contribution in [2.45, 2.75) is 49.0 Å². The fourth-order valence-electron chi connectivity index (χ4n) is 4.49. The summed E-state index contributed by atoms with van der Waals surface area (Å²) in [7, 11) is 1.23. The molecule has 1 saturated heterocycles. The van der Waals surface area contributed by atoms with Crippen molar-refractivity contribution < 1.29 is 52.3 Å². The van der Waals surface area contributed by atoms with Gasteiger partial charge in [0.05, 0.1) is 24.5 Å². The Kier molecular flexibility index (Phi) is 6.97. The number of benzene rings is 2. The second-order valence-electron chi connectivity index (χ2n) is 8.52. The molecule has 0 bridgehead atoms. The normalized spacial score (nSPS) is 30.4. The van der Waals surface area contributed by atoms with Crippen LogP contribution >= 0.6 is 11.6 Å². The summed E-state index contributed by atoms with van der Waals surface area (Å²) < 4.78 is 67.4. The standard InChI is InChI=1S/C23H22ClF4NO7/c1-35-15-5-3-11(24)9-13(15)22(25)12-4-2-10(23(26,27)28)8-14(12)29(21(22)34)7-6-16-17(30)18(31)19(32)20(33)36-16/h2-5,8-9,16-20,30-33H,6-7H2,1H3. The molecule has 8 nitrogen and oxygen atoms in total. The number of anilines is 1. The largest absolute Gasteiger partial charge is 0.496 e. The summed E-state index contributed by atoms with van der Waals surface area (Å²) in [5, 5.41) is 39.5. The van der Waals surface area contributed by atoms with E-state index >= 15 is 4.39 Å². The van der Waals surface area contributed by atoms with Gasteiger partial charge in [0.1, 0.15) is 24.1 Å². The minimum atomic E-state index is -4.79. The molecule has 4 rings (SSSR count). The Morgan fingerprint density at radius 3 is 2.39 bits per heavy atom. The molecule has 2 aliphatic heterocycles. The van der Waals surface area contributed by atoms with E-state index in [0.29, 0.717) is 12.1 Å². The molecule has 0 radical (unpaired) electrons. The highest BCUT2D eigenvalue weighted by molar-refractivity contribution is 6.30. The van der Waals surface area contributed by atoms with Crippen molar-refractivity contribution in [2.24, 2.45) is 0 Å². The van der Waals surface area contributed by atoms with Gasteiger partial charge in [-0.2, -0.15) is 13.2 Å². The lowest BCUT2D eigenvalue weighted by Crippen LogP contribution is -2.58. The van der Waals surface area contributed by atoms with Crippen LogP contribution < -0.4 is 9.64 Å². The fourth-order valence-corrected chi connectivity index (χ4v) is 4.66. The summed E-state index contributed by atoms with van der Waals surface area (Å²) in [5.41, 5.74) is -5.14. The second kappa shape index (κ2) is 9.43. The van der Waals surface area contributed by atoms with Crippen LogP contribution in [0.15, 0.2) is 36.4 Å². The van der Waals surface area contributed by atoms with Crippen molar-refractivity contribution in [1.29, 1.82) is 0 Å². The van der Waals surface area contributed by atoms with Crippen LogP contribution in [0.2, 0.25) is 5.02 Å². The van der Waals surface area contributed by atoms with Crippen molar-refractivity contribution in [3.8, 4) is 5.75 Å². The van der Waals surface area contributed by atoms with Crippen LogP contribution in [-0.4, -0.2) is 70.7 Å². The number of ether oxygens (including phenoxy) is 2. The first kappa shape index (κ1) is 26.6. The third kappa shape index (κ3) is 4.31. The molecular weight excluding hydrogens is 514 g/mol. The third-order valence-corrected chi connectivity index (χ3v) is 6.62. The van der Waals surface area contributed by atoms with E-state index in [2.05, 4.69) is 0 Å². The first-order chi connectivity index (χ1) is 16.8. The van der Waals surface area contributed by atoms with E-state index in [1.807, 2.05) is 0 Å². The Morgan fingerprint density at radius 2 is 1.75 bits per heavy atom. The van der Waals surface area contributed by atoms with Gasteiger partial charge in [-0.15, -0.1) is 0 Å². The van der Waals surface area contributed by atoms with E-state index in [-0.39, 0.29) is 34.0 Å². The molecule has 2 heterocycles. The second-order valence-corrected chi connectivity index (χ2v) is 8.95. The average Bonchev–Trinajstić information content (AvgIpc) is 3.05. The number of hydrogen-bond acceptors (Lipinski definition) is 7. The van der Waals surface area contributed by atoms with Gasteiger partial charge in [0.15, 0.2) is 6.29 Å². The van der Waals surface area contributed by atoms with Gasteiger partial charge >= 0.3 is 6.18 Å². The molecular formula is C23H22ClF4NO7. The molecule has 0 aromatic heterocycles. The van der Waals surface area contributed by atoms with Crippen molar-refractivity contribution >= 4 is 23.2 Å². The number of rotatable bonds is 5. The van der Waals surface area contributed by atoms with Gasteiger partial charge in [-0.1, -0.05) is 17.7 Å². The number of halogens is 5. The van der Waals surface area contributed by atoms with Gasteiger partial charge in [-0.25, -0.2) is 4.39 Å². The van der Waals surface area contributed by atoms with Gasteiger partial charge in [-0.05, 0) is 36.8 Å². The van der Waals surface area contributed by atoms with Gasteiger partial charge in [-0.3, -0.25) is 4.79 Å². The van der Waals surface area contributed by atoms with E-state index in [9.17, 15) is 38.4 Å². The molecule has 4 N–H and O–H groups in total. The predicted octanol–water partition coefficient (Wildman–Crippen LogP) is 2.12. The number of nitrogens with zero attached hydrogens (tertiary/aromatic N) is 1. The molecule has 2 aromatic rings. The lowest BCUT2D eigenvalue weighted by atomic mass is 9.88. The van der Waals surface area contributed by atoms with E-state index in [1.54, 1.807) is 0 Å². The Bertz CT molecular complexity index is 1170. The molecule has 36 heavy (non-hydrogen) atoms. The number of aliphatic hydroxyl groups excluding tert-OH is 4. The summed E-state index contributed by atoms with van der Waals surface area (Å²) in [4.78, 5) is 14.3. The first-order valence-electron chi connectivity index (χ1n) is 10.7. The monoisotopic (exact) mass is 535 g/mol. The summed E-state index contributed by atoms with van der Waals surface area (Å²) in [6.07, 6.45) is -13.6. The molecule has 0 spiro atoms. The zero-order valence-corrected chi connectivity index (χ0v) is 19.4. The molecule has 0 aliphatic carbocycles. The Morgan fingerprint density at radius 1 is 1.06 bits per heavy atom. The topological polar surface area (TPSA) is 120 Å². The van der Waals surface area contributed by atoms with Crippen LogP contribution in [0.25, 0.3) is 0 Å². The molecule has 2 aliphatic rings. The first-order valence-corrected chi connectivity index (χ1v) is 11.1. The fraction of sp³-hybridized carbons (Fsp3) is 0.435. The van der Waals surface area contributed by atoms with Crippen LogP contribution in [0.5, 0.6) is 5.75 Å². The number of alkyl halides is 4. The number of hydrogen-bond donors (Lipinski definition) is 4. The van der Waals surface area contributed by atoms with Crippen LogP contribution in [0.3, 0.4) is 0 Å². The average molecular weight is 536 g/mol. The molecule has 13 heteroatoms. The van der Waals surface area contributed by atoms with Crippen LogP contribution in [0.4, 0.5) is 23.2 Å². The SMILES string of the molecule is COc1ccc(Cl)cc1C1(F)C(=O)N(CCC2OC(O)C(O)C(O)C2O)c2cc(C(F)(F)F)ccc21. The van der Waals surface area contributed by atoms with Crippen molar-refractivity contribution in [3.05, 3.63) is 58.1 Å². The van der Waals surface area contributed by atoms with Gasteiger partial charge in [0.25, 0.3) is 5.91 Å². The van der Waals surface area contributed by atoms with Crippen LogP contribution in [-0.2, 0) is 21.4 Å². The highest BCUT2D eigenvalue weighted by Crippen LogP contribution is 2.51. The minimum absolute atomic E-state index is 0.0581.